The predicted molar refractivity (Wildman–Crippen MR) is 81.0 cm³/mol. The van der Waals surface area contributed by atoms with Gasteiger partial charge in [-0.25, -0.2) is 14.2 Å². The van der Waals surface area contributed by atoms with E-state index in [1.165, 1.54) is 19.2 Å². The van der Waals surface area contributed by atoms with Gasteiger partial charge in [0.25, 0.3) is 0 Å². The molecule has 21 heavy (non-hydrogen) atoms. The Morgan fingerprint density at radius 2 is 1.95 bits per heavy atom. The topological polar surface area (TPSA) is 47.3 Å². The molecule has 0 aliphatic heterocycles. The fourth-order valence-corrected chi connectivity index (χ4v) is 2.62. The highest BCUT2D eigenvalue weighted by atomic mass is 79.9. The number of aryl methyl sites for hydroxylation is 1. The first kappa shape index (κ1) is 15.9. The molecule has 0 heterocycles. The molecular weight excluding hydrogens is 342 g/mol. The summed E-state index contributed by atoms with van der Waals surface area (Å²) < 4.78 is 34.2. The molecular formula is C15H15BrF2N2O. The van der Waals surface area contributed by atoms with Crippen molar-refractivity contribution >= 4 is 15.9 Å². The number of hydrogen-bond donors (Lipinski definition) is 2. The molecule has 0 saturated carbocycles. The standard InChI is InChI=1S/C15H15BrF2N2O/c1-8-3-6-12(17)13(14(8)18)15(20-19)10-7-9(21-2)4-5-11(10)16/h3-7,15,20H,19H2,1-2H3. The van der Waals surface area contributed by atoms with Crippen molar-refractivity contribution in [2.75, 3.05) is 7.11 Å². The van der Waals surface area contributed by atoms with Gasteiger partial charge in [-0.3, -0.25) is 5.84 Å². The zero-order valence-corrected chi connectivity index (χ0v) is 13.2. The number of halogens is 3. The van der Waals surface area contributed by atoms with E-state index in [0.29, 0.717) is 21.3 Å². The Balaban J connectivity index is 2.63. The summed E-state index contributed by atoms with van der Waals surface area (Å²) in [5.74, 6) is 4.84. The maximum atomic E-state index is 14.3. The molecule has 2 aromatic carbocycles. The molecule has 1 atom stereocenters. The lowest BCUT2D eigenvalue weighted by Crippen LogP contribution is -2.30. The van der Waals surface area contributed by atoms with E-state index in [0.717, 1.165) is 0 Å². The molecule has 0 radical (unpaired) electrons. The minimum absolute atomic E-state index is 0.119. The Hall–Kier alpha value is -1.50. The molecule has 0 aromatic heterocycles. The molecule has 0 bridgehead atoms. The van der Waals surface area contributed by atoms with Crippen molar-refractivity contribution in [1.29, 1.82) is 0 Å². The van der Waals surface area contributed by atoms with Crippen LogP contribution in [-0.2, 0) is 0 Å². The number of nitrogens with one attached hydrogen (secondary N) is 1. The fourth-order valence-electron chi connectivity index (χ4n) is 2.14. The molecule has 0 saturated heterocycles. The molecule has 3 N–H and O–H groups in total. The number of hydrazine groups is 1. The number of ether oxygens (including phenoxy) is 1. The molecule has 0 aliphatic carbocycles. The van der Waals surface area contributed by atoms with Gasteiger partial charge in [-0.2, -0.15) is 0 Å². The minimum atomic E-state index is -0.839. The second kappa shape index (κ2) is 6.51. The van der Waals surface area contributed by atoms with Crippen molar-refractivity contribution in [1.82, 2.24) is 5.43 Å². The molecule has 112 valence electrons. The molecule has 0 aliphatic rings. The van der Waals surface area contributed by atoms with Crippen molar-refractivity contribution in [2.24, 2.45) is 5.84 Å². The summed E-state index contributed by atoms with van der Waals surface area (Å²) in [6, 6.07) is 6.94. The van der Waals surface area contributed by atoms with Crippen molar-refractivity contribution in [3.63, 3.8) is 0 Å². The van der Waals surface area contributed by atoms with Gasteiger partial charge in [0.2, 0.25) is 0 Å². The average molecular weight is 357 g/mol. The number of methoxy groups -OCH3 is 1. The summed E-state index contributed by atoms with van der Waals surface area (Å²) in [6.45, 7) is 1.58. The highest BCUT2D eigenvalue weighted by molar-refractivity contribution is 9.10. The molecule has 0 fully saturated rings. The van der Waals surface area contributed by atoms with Gasteiger partial charge in [-0.05, 0) is 42.3 Å². The zero-order valence-electron chi connectivity index (χ0n) is 11.6. The van der Waals surface area contributed by atoms with E-state index < -0.39 is 17.7 Å². The second-order valence-corrected chi connectivity index (χ2v) is 5.43. The van der Waals surface area contributed by atoms with Crippen LogP contribution < -0.4 is 16.0 Å². The Labute approximate surface area is 130 Å². The van der Waals surface area contributed by atoms with E-state index in [-0.39, 0.29) is 5.56 Å². The van der Waals surface area contributed by atoms with Crippen LogP contribution in [-0.4, -0.2) is 7.11 Å². The minimum Gasteiger partial charge on any atom is -0.497 e. The largest absolute Gasteiger partial charge is 0.497 e. The van der Waals surface area contributed by atoms with E-state index in [2.05, 4.69) is 21.4 Å². The molecule has 0 amide bonds. The quantitative estimate of drug-likeness (QED) is 0.649. The maximum absolute atomic E-state index is 14.3. The highest BCUT2D eigenvalue weighted by Gasteiger charge is 2.24. The van der Waals surface area contributed by atoms with Gasteiger partial charge < -0.3 is 4.74 Å². The first-order valence-corrected chi connectivity index (χ1v) is 7.03. The van der Waals surface area contributed by atoms with Crippen LogP contribution in [0.25, 0.3) is 0 Å². The smallest absolute Gasteiger partial charge is 0.134 e. The van der Waals surface area contributed by atoms with Crippen LogP contribution in [0.5, 0.6) is 5.75 Å². The highest BCUT2D eigenvalue weighted by Crippen LogP contribution is 2.34. The van der Waals surface area contributed by atoms with E-state index in [9.17, 15) is 8.78 Å². The van der Waals surface area contributed by atoms with Crippen molar-refractivity contribution in [2.45, 2.75) is 13.0 Å². The summed E-state index contributed by atoms with van der Waals surface area (Å²) in [5, 5.41) is 0. The number of hydrogen-bond acceptors (Lipinski definition) is 3. The first-order valence-electron chi connectivity index (χ1n) is 6.23. The van der Waals surface area contributed by atoms with Crippen molar-refractivity contribution in [3.05, 3.63) is 63.1 Å². The van der Waals surface area contributed by atoms with Crippen molar-refractivity contribution < 1.29 is 13.5 Å². The predicted octanol–water partition coefficient (Wildman–Crippen LogP) is 3.60. The fraction of sp³-hybridized carbons (Fsp3) is 0.200. The normalized spacial score (nSPS) is 12.3. The summed E-state index contributed by atoms with van der Waals surface area (Å²) >= 11 is 3.37. The van der Waals surface area contributed by atoms with Gasteiger partial charge in [0, 0.05) is 10.0 Å². The molecule has 6 heteroatoms. The van der Waals surface area contributed by atoms with E-state index in [1.54, 1.807) is 25.1 Å². The molecule has 2 rings (SSSR count). The van der Waals surface area contributed by atoms with Crippen LogP contribution in [0.3, 0.4) is 0 Å². The van der Waals surface area contributed by atoms with Crippen LogP contribution >= 0.6 is 15.9 Å². The van der Waals surface area contributed by atoms with Gasteiger partial charge in [0.15, 0.2) is 0 Å². The Kier molecular flexibility index (Phi) is 4.92. The van der Waals surface area contributed by atoms with Crippen LogP contribution in [0, 0.1) is 18.6 Å². The van der Waals surface area contributed by atoms with E-state index >= 15 is 0 Å². The number of benzene rings is 2. The summed E-state index contributed by atoms with van der Waals surface area (Å²) in [5.41, 5.74) is 3.29. The van der Waals surface area contributed by atoms with Gasteiger partial charge in [-0.15, -0.1) is 0 Å². The monoisotopic (exact) mass is 356 g/mol. The molecule has 0 spiro atoms. The van der Waals surface area contributed by atoms with Crippen LogP contribution in [0.1, 0.15) is 22.7 Å². The van der Waals surface area contributed by atoms with Gasteiger partial charge in [0.05, 0.1) is 13.2 Å². The first-order chi connectivity index (χ1) is 9.99. The summed E-state index contributed by atoms with van der Waals surface area (Å²) in [6.07, 6.45) is 0. The zero-order chi connectivity index (χ0) is 15.6. The SMILES string of the molecule is COc1ccc(Br)c(C(NN)c2c(F)ccc(C)c2F)c1. The van der Waals surface area contributed by atoms with Crippen LogP contribution in [0.2, 0.25) is 0 Å². The lowest BCUT2D eigenvalue weighted by atomic mass is 9.96. The third-order valence-electron chi connectivity index (χ3n) is 3.29. The van der Waals surface area contributed by atoms with Gasteiger partial charge in [-0.1, -0.05) is 22.0 Å². The van der Waals surface area contributed by atoms with Gasteiger partial charge >= 0.3 is 0 Å². The van der Waals surface area contributed by atoms with E-state index in [4.69, 9.17) is 10.6 Å². The van der Waals surface area contributed by atoms with Crippen LogP contribution in [0.4, 0.5) is 8.78 Å². The van der Waals surface area contributed by atoms with Gasteiger partial charge in [0.1, 0.15) is 17.4 Å². The number of rotatable bonds is 4. The van der Waals surface area contributed by atoms with E-state index in [1.807, 2.05) is 0 Å². The summed E-state index contributed by atoms with van der Waals surface area (Å²) in [4.78, 5) is 0. The maximum Gasteiger partial charge on any atom is 0.134 e. The van der Waals surface area contributed by atoms with Crippen molar-refractivity contribution in [3.8, 4) is 5.75 Å². The lowest BCUT2D eigenvalue weighted by molar-refractivity contribution is 0.413. The molecule has 1 unspecified atom stereocenters. The second-order valence-electron chi connectivity index (χ2n) is 4.58. The molecule has 3 nitrogen and oxygen atoms in total. The summed E-state index contributed by atoms with van der Waals surface area (Å²) in [7, 11) is 1.52. The average Bonchev–Trinajstić information content (AvgIpc) is 2.48. The third-order valence-corrected chi connectivity index (χ3v) is 4.01. The Morgan fingerprint density at radius 1 is 1.24 bits per heavy atom. The Morgan fingerprint density at radius 3 is 2.57 bits per heavy atom. The third kappa shape index (κ3) is 3.07. The Bertz CT molecular complexity index is 664. The lowest BCUT2D eigenvalue weighted by Gasteiger charge is -2.21. The molecule has 2 aromatic rings. The number of nitrogens with two attached hydrogens (primary N) is 1. The van der Waals surface area contributed by atoms with Crippen LogP contribution in [0.15, 0.2) is 34.8 Å².